The first-order valence-electron chi connectivity index (χ1n) is 8.46. The molecule has 1 aliphatic rings. The number of methoxy groups -OCH3 is 1. The Morgan fingerprint density at radius 2 is 1.56 bits per heavy atom. The molecule has 0 unspecified atom stereocenters. The number of fused-ring (bicyclic) bond motifs is 1. The second kappa shape index (κ2) is 6.68. The molecule has 0 atom stereocenters. The molecule has 0 aromatic heterocycles. The van der Waals surface area contributed by atoms with Gasteiger partial charge in [0, 0.05) is 0 Å². The molecule has 4 nitrogen and oxygen atoms in total. The zero-order chi connectivity index (χ0) is 19.0. The number of carbonyl (C=O) groups is 2. The molecular formula is C22H16FNO3. The van der Waals surface area contributed by atoms with Crippen molar-refractivity contribution in [2.45, 2.75) is 6.54 Å². The lowest BCUT2D eigenvalue weighted by Crippen LogP contribution is -2.29. The summed E-state index contributed by atoms with van der Waals surface area (Å²) in [7, 11) is 1.60. The topological polar surface area (TPSA) is 46.6 Å². The van der Waals surface area contributed by atoms with Crippen molar-refractivity contribution < 1.29 is 18.7 Å². The third-order valence-corrected chi connectivity index (χ3v) is 4.65. The van der Waals surface area contributed by atoms with Gasteiger partial charge in [0.25, 0.3) is 11.7 Å². The van der Waals surface area contributed by atoms with Gasteiger partial charge < -0.3 is 9.64 Å². The van der Waals surface area contributed by atoms with Gasteiger partial charge in [-0.1, -0.05) is 30.3 Å². The molecule has 0 radical (unpaired) electrons. The molecule has 0 fully saturated rings. The summed E-state index contributed by atoms with van der Waals surface area (Å²) >= 11 is 0. The van der Waals surface area contributed by atoms with Crippen LogP contribution >= 0.6 is 0 Å². The third kappa shape index (κ3) is 3.08. The first-order chi connectivity index (χ1) is 13.1. The summed E-state index contributed by atoms with van der Waals surface area (Å²) in [5, 5.41) is 0. The number of ketones is 1. The summed E-state index contributed by atoms with van der Waals surface area (Å²) in [5.74, 6) is -0.688. The minimum Gasteiger partial charge on any atom is -0.497 e. The number of benzene rings is 3. The smallest absolute Gasteiger partial charge is 0.299 e. The molecule has 5 heteroatoms. The lowest BCUT2D eigenvalue weighted by atomic mass is 10.0. The number of nitrogens with zero attached hydrogens (tertiary/aromatic N) is 1. The fraction of sp³-hybridized carbons (Fsp3) is 0.0909. The largest absolute Gasteiger partial charge is 0.497 e. The zero-order valence-corrected chi connectivity index (χ0v) is 14.6. The van der Waals surface area contributed by atoms with Crippen molar-refractivity contribution in [3.05, 3.63) is 83.7 Å². The highest BCUT2D eigenvalue weighted by atomic mass is 19.1. The van der Waals surface area contributed by atoms with Crippen molar-refractivity contribution in [2.24, 2.45) is 0 Å². The quantitative estimate of drug-likeness (QED) is 0.654. The van der Waals surface area contributed by atoms with Crippen LogP contribution in [0.1, 0.15) is 15.9 Å². The molecule has 1 aliphatic heterocycles. The van der Waals surface area contributed by atoms with E-state index in [0.717, 1.165) is 22.4 Å². The number of carbonyl (C=O) groups excluding carboxylic acids is 2. The van der Waals surface area contributed by atoms with Crippen LogP contribution in [0.4, 0.5) is 10.1 Å². The fourth-order valence-electron chi connectivity index (χ4n) is 3.19. The lowest BCUT2D eigenvalue weighted by molar-refractivity contribution is -0.114. The molecule has 1 heterocycles. The van der Waals surface area contributed by atoms with E-state index in [0.29, 0.717) is 11.3 Å². The van der Waals surface area contributed by atoms with E-state index in [1.807, 2.05) is 30.3 Å². The van der Waals surface area contributed by atoms with Crippen LogP contribution in [0.2, 0.25) is 0 Å². The van der Waals surface area contributed by atoms with Crippen molar-refractivity contribution in [3.8, 4) is 16.9 Å². The fourth-order valence-corrected chi connectivity index (χ4v) is 3.19. The summed E-state index contributed by atoms with van der Waals surface area (Å²) < 4.78 is 18.2. The molecule has 27 heavy (non-hydrogen) atoms. The minimum absolute atomic E-state index is 0.222. The van der Waals surface area contributed by atoms with Crippen LogP contribution in [-0.4, -0.2) is 18.8 Å². The highest BCUT2D eigenvalue weighted by Crippen LogP contribution is 2.34. The Morgan fingerprint density at radius 1 is 0.889 bits per heavy atom. The van der Waals surface area contributed by atoms with Crippen molar-refractivity contribution in [1.29, 1.82) is 0 Å². The molecule has 0 spiro atoms. The van der Waals surface area contributed by atoms with Crippen molar-refractivity contribution in [3.63, 3.8) is 0 Å². The number of amides is 1. The van der Waals surface area contributed by atoms with Crippen molar-refractivity contribution in [1.82, 2.24) is 0 Å². The van der Waals surface area contributed by atoms with E-state index < -0.39 is 11.7 Å². The van der Waals surface area contributed by atoms with Crippen LogP contribution in [0.25, 0.3) is 11.1 Å². The number of halogens is 1. The van der Waals surface area contributed by atoms with E-state index in [1.165, 1.54) is 17.0 Å². The SMILES string of the molecule is COc1ccc(-c2ccc3c(c2)C(=O)C(=O)N3Cc2ccc(F)cc2)cc1. The monoisotopic (exact) mass is 361 g/mol. The van der Waals surface area contributed by atoms with Gasteiger partial charge in [-0.15, -0.1) is 0 Å². The molecule has 0 bridgehead atoms. The Bertz CT molecular complexity index is 1030. The number of hydrogen-bond acceptors (Lipinski definition) is 3. The van der Waals surface area contributed by atoms with Gasteiger partial charge in [0.1, 0.15) is 11.6 Å². The Hall–Kier alpha value is -3.47. The molecule has 0 saturated carbocycles. The van der Waals surface area contributed by atoms with Crippen molar-refractivity contribution >= 4 is 17.4 Å². The van der Waals surface area contributed by atoms with Gasteiger partial charge in [-0.25, -0.2) is 4.39 Å². The maximum atomic E-state index is 13.1. The highest BCUT2D eigenvalue weighted by Gasteiger charge is 2.35. The van der Waals surface area contributed by atoms with Gasteiger partial charge in [0.2, 0.25) is 0 Å². The summed E-state index contributed by atoms with van der Waals surface area (Å²) in [6.45, 7) is 0.222. The molecule has 0 saturated heterocycles. The van der Waals surface area contributed by atoms with E-state index in [1.54, 1.807) is 31.4 Å². The first kappa shape index (κ1) is 17.0. The van der Waals surface area contributed by atoms with Crippen LogP contribution in [0.3, 0.4) is 0 Å². The first-order valence-corrected chi connectivity index (χ1v) is 8.46. The number of hydrogen-bond donors (Lipinski definition) is 0. The minimum atomic E-state index is -0.568. The van der Waals surface area contributed by atoms with Gasteiger partial charge >= 0.3 is 0 Å². The molecule has 4 rings (SSSR count). The summed E-state index contributed by atoms with van der Waals surface area (Å²) in [6, 6.07) is 18.8. The number of ether oxygens (including phenoxy) is 1. The molecule has 3 aromatic carbocycles. The van der Waals surface area contributed by atoms with E-state index in [-0.39, 0.29) is 12.4 Å². The van der Waals surface area contributed by atoms with Gasteiger partial charge in [-0.05, 0) is 53.1 Å². The molecule has 1 amide bonds. The lowest BCUT2D eigenvalue weighted by Gasteiger charge is -2.17. The normalized spacial score (nSPS) is 13.0. The maximum absolute atomic E-state index is 13.1. The predicted octanol–water partition coefficient (Wildman–Crippen LogP) is 4.23. The number of rotatable bonds is 4. The van der Waals surface area contributed by atoms with Crippen LogP contribution < -0.4 is 9.64 Å². The Morgan fingerprint density at radius 3 is 2.22 bits per heavy atom. The predicted molar refractivity (Wildman–Crippen MR) is 100 cm³/mol. The van der Waals surface area contributed by atoms with E-state index in [9.17, 15) is 14.0 Å². The number of anilines is 1. The second-order valence-electron chi connectivity index (χ2n) is 6.31. The van der Waals surface area contributed by atoms with Crippen LogP contribution in [0.5, 0.6) is 5.75 Å². The molecule has 3 aromatic rings. The molecular weight excluding hydrogens is 345 g/mol. The van der Waals surface area contributed by atoms with Gasteiger partial charge in [0.15, 0.2) is 0 Å². The molecule has 134 valence electrons. The molecule has 0 aliphatic carbocycles. The van der Waals surface area contributed by atoms with E-state index in [2.05, 4.69) is 0 Å². The Kier molecular flexibility index (Phi) is 4.20. The van der Waals surface area contributed by atoms with Crippen LogP contribution in [0.15, 0.2) is 66.7 Å². The van der Waals surface area contributed by atoms with Crippen LogP contribution in [0, 0.1) is 5.82 Å². The standard InChI is InChI=1S/C22H16FNO3/c1-27-18-9-4-15(5-10-18)16-6-11-20-19(12-16)21(25)22(26)24(20)13-14-2-7-17(23)8-3-14/h2-12H,13H2,1H3. The Balaban J connectivity index is 1.67. The van der Waals surface area contributed by atoms with Crippen LogP contribution in [-0.2, 0) is 11.3 Å². The summed E-state index contributed by atoms with van der Waals surface area (Å²) in [5.41, 5.74) is 3.49. The average molecular weight is 361 g/mol. The summed E-state index contributed by atoms with van der Waals surface area (Å²) in [6.07, 6.45) is 0. The zero-order valence-electron chi connectivity index (χ0n) is 14.6. The third-order valence-electron chi connectivity index (χ3n) is 4.65. The average Bonchev–Trinajstić information content (AvgIpc) is 2.94. The summed E-state index contributed by atoms with van der Waals surface area (Å²) in [4.78, 5) is 26.3. The Labute approximate surface area is 155 Å². The van der Waals surface area contributed by atoms with Gasteiger partial charge in [0.05, 0.1) is 24.9 Å². The molecule has 0 N–H and O–H groups in total. The number of Topliss-reactive ketones (excluding diaryl/α,β-unsaturated/α-hetero) is 1. The van der Waals surface area contributed by atoms with E-state index in [4.69, 9.17) is 4.74 Å². The maximum Gasteiger partial charge on any atom is 0.299 e. The van der Waals surface area contributed by atoms with Gasteiger partial charge in [-0.3, -0.25) is 9.59 Å². The van der Waals surface area contributed by atoms with Crippen molar-refractivity contribution in [2.75, 3.05) is 12.0 Å². The highest BCUT2D eigenvalue weighted by molar-refractivity contribution is 6.52. The van der Waals surface area contributed by atoms with E-state index >= 15 is 0 Å². The second-order valence-corrected chi connectivity index (χ2v) is 6.31. The van der Waals surface area contributed by atoms with Gasteiger partial charge in [-0.2, -0.15) is 0 Å².